The van der Waals surface area contributed by atoms with Crippen LogP contribution >= 0.6 is 15.9 Å². The summed E-state index contributed by atoms with van der Waals surface area (Å²) >= 11 is 3.37. The second-order valence-corrected chi connectivity index (χ2v) is 7.38. The van der Waals surface area contributed by atoms with Gasteiger partial charge in [0.15, 0.2) is 0 Å². The largest absolute Gasteiger partial charge is 0.622 e. The number of nitrogens with zero attached hydrogens (tertiary/aromatic N) is 2. The zero-order valence-electron chi connectivity index (χ0n) is 12.7. The highest BCUT2D eigenvalue weighted by atomic mass is 79.9. The minimum absolute atomic E-state index is 0.198. The van der Waals surface area contributed by atoms with Crippen molar-refractivity contribution in [3.05, 3.63) is 39.5 Å². The van der Waals surface area contributed by atoms with Crippen molar-refractivity contribution >= 4 is 27.4 Å². The number of hydrogen-bond acceptors (Lipinski definition) is 4. The molecule has 0 bridgehead atoms. The van der Waals surface area contributed by atoms with Crippen LogP contribution in [0, 0.1) is 5.21 Å². The van der Waals surface area contributed by atoms with Crippen molar-refractivity contribution in [2.75, 3.05) is 0 Å². The normalized spacial score (nSPS) is 28.6. The van der Waals surface area contributed by atoms with Gasteiger partial charge in [0.05, 0.1) is 0 Å². The van der Waals surface area contributed by atoms with E-state index in [0.717, 1.165) is 32.7 Å². The lowest BCUT2D eigenvalue weighted by molar-refractivity contribution is -0.573. The van der Waals surface area contributed by atoms with E-state index in [0.29, 0.717) is 18.6 Å². The number of hydroxylamine groups is 3. The van der Waals surface area contributed by atoms with E-state index in [1.165, 1.54) is 0 Å². The van der Waals surface area contributed by atoms with Crippen molar-refractivity contribution in [1.82, 2.24) is 5.06 Å². The van der Waals surface area contributed by atoms with E-state index in [2.05, 4.69) is 15.9 Å². The molecular weight excluding hydrogens is 348 g/mol. The van der Waals surface area contributed by atoms with Gasteiger partial charge in [-0.25, -0.2) is 0 Å². The molecule has 0 unspecified atom stereocenters. The van der Waals surface area contributed by atoms with Gasteiger partial charge in [0.2, 0.25) is 11.5 Å². The molecule has 1 heterocycles. The summed E-state index contributed by atoms with van der Waals surface area (Å²) in [5, 5.41) is 24.7. The Morgan fingerprint density at radius 2 is 1.91 bits per heavy atom. The van der Waals surface area contributed by atoms with Gasteiger partial charge in [-0.05, 0) is 51.0 Å². The molecule has 0 aromatic heterocycles. The van der Waals surface area contributed by atoms with Gasteiger partial charge in [0.25, 0.3) is 0 Å². The minimum Gasteiger partial charge on any atom is -0.622 e. The highest BCUT2D eigenvalue weighted by Gasteiger charge is 2.66. The number of carbonyl (C=O) groups excluding carboxylic acids is 1. The van der Waals surface area contributed by atoms with Crippen molar-refractivity contribution in [2.45, 2.75) is 50.7 Å². The predicted molar refractivity (Wildman–Crippen MR) is 85.8 cm³/mol. The van der Waals surface area contributed by atoms with E-state index in [-0.39, 0.29) is 5.78 Å². The van der Waals surface area contributed by atoms with Crippen LogP contribution in [-0.4, -0.2) is 37.7 Å². The number of hydrogen-bond donors (Lipinski definition) is 1. The molecule has 1 saturated carbocycles. The third-order valence-corrected chi connectivity index (χ3v) is 5.27. The van der Waals surface area contributed by atoms with Crippen molar-refractivity contribution in [2.24, 2.45) is 0 Å². The van der Waals surface area contributed by atoms with Crippen LogP contribution in [0.3, 0.4) is 0 Å². The van der Waals surface area contributed by atoms with E-state index in [1.807, 2.05) is 24.3 Å². The zero-order valence-corrected chi connectivity index (χ0v) is 14.3. The van der Waals surface area contributed by atoms with E-state index in [9.17, 15) is 15.2 Å². The Morgan fingerprint density at radius 3 is 2.50 bits per heavy atom. The average molecular weight is 367 g/mol. The standard InChI is InChI=1S/C16H19BrN2O3/c1-15(2)14(11-6-8-12(17)9-7-11)18(21)16(19(15)22)10-4-3-5-13(16)20/h6-9,22H,3-5,10H2,1-2H3/t16-/m0/s1. The molecule has 0 saturated heterocycles. The lowest BCUT2D eigenvalue weighted by atomic mass is 9.86. The van der Waals surface area contributed by atoms with Gasteiger partial charge in [-0.3, -0.25) is 4.79 Å². The monoisotopic (exact) mass is 366 g/mol. The fraction of sp³-hybridized carbons (Fsp3) is 0.500. The first-order valence-electron chi connectivity index (χ1n) is 7.45. The first kappa shape index (κ1) is 15.6. The van der Waals surface area contributed by atoms with Crippen LogP contribution in [0.25, 0.3) is 0 Å². The van der Waals surface area contributed by atoms with E-state index >= 15 is 0 Å². The van der Waals surface area contributed by atoms with Crippen molar-refractivity contribution < 1.29 is 14.7 Å². The molecule has 6 heteroatoms. The van der Waals surface area contributed by atoms with Gasteiger partial charge in [-0.2, -0.15) is 4.74 Å². The van der Waals surface area contributed by atoms with Gasteiger partial charge in [-0.1, -0.05) is 15.9 Å². The second-order valence-electron chi connectivity index (χ2n) is 6.47. The zero-order chi connectivity index (χ0) is 16.1. The summed E-state index contributed by atoms with van der Waals surface area (Å²) in [5.74, 6) is -0.198. The van der Waals surface area contributed by atoms with Crippen LogP contribution in [0.5, 0.6) is 0 Å². The van der Waals surface area contributed by atoms with Crippen LogP contribution in [0.4, 0.5) is 0 Å². The highest BCUT2D eigenvalue weighted by molar-refractivity contribution is 9.10. The summed E-state index contributed by atoms with van der Waals surface area (Å²) in [4.78, 5) is 12.5. The maximum Gasteiger partial charge on any atom is 0.310 e. The molecule has 1 spiro atoms. The SMILES string of the molecule is CC1(C)C(c2ccc(Br)cc2)=[N+]([O-])[C@@]2(CCCCC2=O)N1O. The molecule has 1 atom stereocenters. The van der Waals surface area contributed by atoms with Crippen molar-refractivity contribution in [3.63, 3.8) is 0 Å². The van der Waals surface area contributed by atoms with Crippen LogP contribution in [0.1, 0.15) is 45.1 Å². The number of Topliss-reactive ketones (excluding diaryl/α,β-unsaturated/α-hetero) is 1. The summed E-state index contributed by atoms with van der Waals surface area (Å²) in [5.41, 5.74) is -1.25. The van der Waals surface area contributed by atoms with Gasteiger partial charge < -0.3 is 10.4 Å². The number of carbonyl (C=O) groups is 1. The van der Waals surface area contributed by atoms with E-state index in [1.54, 1.807) is 13.8 Å². The molecule has 1 N–H and O–H groups in total. The molecule has 118 valence electrons. The molecule has 1 aromatic rings. The van der Waals surface area contributed by atoms with Gasteiger partial charge in [0.1, 0.15) is 5.54 Å². The minimum atomic E-state index is -1.47. The molecule has 0 amide bonds. The lowest BCUT2D eigenvalue weighted by Crippen LogP contribution is -2.60. The topological polar surface area (TPSA) is 66.6 Å². The molecule has 5 nitrogen and oxygen atoms in total. The van der Waals surface area contributed by atoms with Gasteiger partial charge >= 0.3 is 5.66 Å². The lowest BCUT2D eigenvalue weighted by Gasteiger charge is -2.36. The molecule has 1 aliphatic carbocycles. The van der Waals surface area contributed by atoms with E-state index in [4.69, 9.17) is 0 Å². The van der Waals surface area contributed by atoms with E-state index < -0.39 is 11.2 Å². The summed E-state index contributed by atoms with van der Waals surface area (Å²) in [6.45, 7) is 3.54. The van der Waals surface area contributed by atoms with Crippen LogP contribution < -0.4 is 0 Å². The number of halogens is 1. The number of ketones is 1. The Balaban J connectivity index is 2.20. The number of rotatable bonds is 1. The first-order chi connectivity index (χ1) is 10.3. The number of benzene rings is 1. The second kappa shape index (κ2) is 5.15. The van der Waals surface area contributed by atoms with Crippen LogP contribution in [0.2, 0.25) is 0 Å². The fourth-order valence-corrected chi connectivity index (χ4v) is 3.86. The Morgan fingerprint density at radius 1 is 1.27 bits per heavy atom. The highest BCUT2D eigenvalue weighted by Crippen LogP contribution is 2.41. The van der Waals surface area contributed by atoms with Crippen molar-refractivity contribution in [1.29, 1.82) is 0 Å². The predicted octanol–water partition coefficient (Wildman–Crippen LogP) is 3.07. The molecule has 22 heavy (non-hydrogen) atoms. The fourth-order valence-electron chi connectivity index (χ4n) is 3.60. The third-order valence-electron chi connectivity index (χ3n) is 4.74. The maximum absolute atomic E-state index is 13.0. The Bertz CT molecular complexity index is 654. The Kier molecular flexibility index (Phi) is 3.66. The summed E-state index contributed by atoms with van der Waals surface area (Å²) in [7, 11) is 0. The van der Waals surface area contributed by atoms with Gasteiger partial charge in [0, 0.05) is 22.9 Å². The summed E-state index contributed by atoms with van der Waals surface area (Å²) in [6.07, 6.45) is 2.22. The summed E-state index contributed by atoms with van der Waals surface area (Å²) in [6, 6.07) is 7.35. The first-order valence-corrected chi connectivity index (χ1v) is 8.24. The smallest absolute Gasteiger partial charge is 0.310 e. The van der Waals surface area contributed by atoms with Crippen LogP contribution in [-0.2, 0) is 4.79 Å². The van der Waals surface area contributed by atoms with Gasteiger partial charge in [-0.15, -0.1) is 5.06 Å². The Hall–Kier alpha value is -1.24. The summed E-state index contributed by atoms with van der Waals surface area (Å²) < 4.78 is 1.66. The quantitative estimate of drug-likeness (QED) is 0.612. The van der Waals surface area contributed by atoms with Crippen LogP contribution in [0.15, 0.2) is 28.7 Å². The molecule has 0 radical (unpaired) electrons. The maximum atomic E-state index is 13.0. The molecule has 1 aromatic carbocycles. The molecule has 2 aliphatic rings. The average Bonchev–Trinajstić information content (AvgIpc) is 2.62. The van der Waals surface area contributed by atoms with Crippen molar-refractivity contribution in [3.8, 4) is 0 Å². The molecule has 1 fully saturated rings. The molecular formula is C16H19BrN2O3. The Labute approximate surface area is 137 Å². The third kappa shape index (κ3) is 1.97. The molecule has 1 aliphatic heterocycles. The molecule has 3 rings (SSSR count).